The third-order valence-corrected chi connectivity index (χ3v) is 21.2. The molecule has 388 valence electrons. The van der Waals surface area contributed by atoms with Crippen molar-refractivity contribution >= 4 is 22.7 Å². The highest BCUT2D eigenvalue weighted by atomic mass is 15.5. The molecule has 0 radical (unpaired) electrons. The smallest absolute Gasteiger partial charge is 0.156 e. The number of anilines is 4. The van der Waals surface area contributed by atoms with Crippen molar-refractivity contribution in [1.29, 1.82) is 0 Å². The molecule has 4 nitrogen and oxygen atoms in total. The van der Waals surface area contributed by atoms with Crippen molar-refractivity contribution in [3.8, 4) is 44.5 Å². The summed E-state index contributed by atoms with van der Waals surface area (Å²) in [4.78, 5) is 11.7. The Labute approximate surface area is 463 Å². The summed E-state index contributed by atoms with van der Waals surface area (Å²) in [6, 6.07) is 68.3. The summed E-state index contributed by atoms with van der Waals surface area (Å²) in [7, 11) is 0. The molecule has 0 bridgehead atoms. The largest absolute Gasteiger partial charge is 0.320 e. The van der Waals surface area contributed by atoms with Gasteiger partial charge >= 0.3 is 0 Å². The minimum absolute atomic E-state index is 0.134. The van der Waals surface area contributed by atoms with Crippen LogP contribution in [-0.2, 0) is 21.7 Å². The van der Waals surface area contributed by atoms with Crippen LogP contribution in [0.25, 0.3) is 44.5 Å². The lowest BCUT2D eigenvalue weighted by Gasteiger charge is -2.37. The summed E-state index contributed by atoms with van der Waals surface area (Å²) >= 11 is 0. The van der Waals surface area contributed by atoms with Gasteiger partial charge in [0.25, 0.3) is 0 Å². The standard InChI is InChI=1S/C74H72N4/c1-71(2)57-25-13-9-21-49(57)53-37-33-45(41-61(53)71)75-65-29-17-18-30-66(65)76(46-34-38-54-50-22-10-14-26-58(50)72(3,4)62(54)42-46)69(75)70-77(47-35-39-55-51-23-11-15-27-59(51)73(5,6)63(55)43-47)67-31-19-20-32-68(67)78(70)48-36-40-56-52-24-12-16-28-60(52)74(7,8)64(56)44-48/h9-16,21-28,33-44,65-68H,17-20,29-32H2,1-8H3. The monoisotopic (exact) mass is 1020 g/mol. The highest BCUT2D eigenvalue weighted by molar-refractivity contribution is 5.89. The van der Waals surface area contributed by atoms with E-state index in [9.17, 15) is 0 Å². The summed E-state index contributed by atoms with van der Waals surface area (Å²) in [6.45, 7) is 19.6. The molecule has 4 atom stereocenters. The maximum absolute atomic E-state index is 2.92. The predicted molar refractivity (Wildman–Crippen MR) is 325 cm³/mol. The van der Waals surface area contributed by atoms with E-state index >= 15 is 0 Å². The number of fused-ring (bicyclic) bond motifs is 14. The molecule has 2 heterocycles. The Bertz CT molecular complexity index is 3400. The topological polar surface area (TPSA) is 13.0 Å². The molecule has 6 aliphatic carbocycles. The van der Waals surface area contributed by atoms with E-state index in [2.05, 4.69) is 245 Å². The number of hydrogen-bond acceptors (Lipinski definition) is 4. The van der Waals surface area contributed by atoms with E-state index < -0.39 is 0 Å². The van der Waals surface area contributed by atoms with Gasteiger partial charge in [0.2, 0.25) is 0 Å². The van der Waals surface area contributed by atoms with Crippen LogP contribution in [0.3, 0.4) is 0 Å². The van der Waals surface area contributed by atoms with Crippen LogP contribution in [0.1, 0.15) is 151 Å². The zero-order valence-electron chi connectivity index (χ0n) is 46.9. The van der Waals surface area contributed by atoms with Crippen LogP contribution < -0.4 is 19.6 Å². The maximum Gasteiger partial charge on any atom is 0.156 e. The lowest BCUT2D eigenvalue weighted by atomic mass is 9.82. The third-order valence-electron chi connectivity index (χ3n) is 21.2. The first-order chi connectivity index (χ1) is 37.7. The number of hydrogen-bond donors (Lipinski definition) is 0. The Morgan fingerprint density at radius 1 is 0.256 bits per heavy atom. The van der Waals surface area contributed by atoms with Crippen LogP contribution in [0.15, 0.2) is 182 Å². The van der Waals surface area contributed by atoms with E-state index in [4.69, 9.17) is 0 Å². The van der Waals surface area contributed by atoms with Crippen molar-refractivity contribution in [2.45, 2.75) is 153 Å². The zero-order chi connectivity index (χ0) is 52.8. The van der Waals surface area contributed by atoms with Gasteiger partial charge in [0.1, 0.15) is 0 Å². The molecule has 0 amide bonds. The van der Waals surface area contributed by atoms with Gasteiger partial charge in [0.15, 0.2) is 11.6 Å². The predicted octanol–water partition coefficient (Wildman–Crippen LogP) is 18.0. The molecule has 16 rings (SSSR count). The Kier molecular flexibility index (Phi) is 9.69. The highest BCUT2D eigenvalue weighted by Crippen LogP contribution is 2.59. The molecule has 0 spiro atoms. The van der Waals surface area contributed by atoms with Crippen LogP contribution in [0.2, 0.25) is 0 Å². The molecular weight excluding hydrogens is 945 g/mol. The first-order valence-corrected chi connectivity index (χ1v) is 29.6. The fourth-order valence-electron chi connectivity index (χ4n) is 17.3. The Morgan fingerprint density at radius 2 is 0.462 bits per heavy atom. The second-order valence-corrected chi connectivity index (χ2v) is 26.6. The van der Waals surface area contributed by atoms with E-state index in [1.54, 1.807) is 0 Å². The van der Waals surface area contributed by atoms with E-state index in [1.807, 2.05) is 0 Å². The van der Waals surface area contributed by atoms with E-state index in [-0.39, 0.29) is 45.8 Å². The molecule has 0 N–H and O–H groups in total. The normalized spacial score (nSPS) is 23.5. The van der Waals surface area contributed by atoms with Crippen LogP contribution in [0, 0.1) is 0 Å². The lowest BCUT2D eigenvalue weighted by molar-refractivity contribution is 0.409. The SMILES string of the molecule is CC1(C)c2ccccc2-c2ccc(N3C(=C4N(c5ccc6c(c5)C(C)(C)c5ccccc5-6)C5CCCCC5N4c4ccc5c(c4)C(C)(C)c4ccccc4-5)N(c4ccc5c(c4)C(C)(C)c4ccccc4-5)C4CCCCC43)cc21. The second kappa shape index (κ2) is 16.2. The molecule has 8 aromatic carbocycles. The van der Waals surface area contributed by atoms with Crippen LogP contribution >= 0.6 is 0 Å². The van der Waals surface area contributed by atoms with E-state index in [1.165, 1.54) is 149 Å². The average Bonchev–Trinajstić information content (AvgIpc) is 4.41. The minimum atomic E-state index is -0.134. The van der Waals surface area contributed by atoms with Crippen LogP contribution in [0.4, 0.5) is 22.7 Å². The van der Waals surface area contributed by atoms with Gasteiger partial charge in [-0.2, -0.15) is 0 Å². The average molecular weight is 1020 g/mol. The molecule has 2 saturated carbocycles. The van der Waals surface area contributed by atoms with Crippen molar-refractivity contribution in [3.05, 3.63) is 226 Å². The molecular formula is C74H72N4. The summed E-state index contributed by atoms with van der Waals surface area (Å²) in [5.41, 5.74) is 27.2. The summed E-state index contributed by atoms with van der Waals surface area (Å²) in [5, 5.41) is 0. The molecule has 8 aliphatic rings. The molecule has 0 aromatic heterocycles. The van der Waals surface area contributed by atoms with Gasteiger partial charge < -0.3 is 19.6 Å². The van der Waals surface area contributed by atoms with Crippen LogP contribution in [0.5, 0.6) is 0 Å². The molecule has 2 aliphatic heterocycles. The summed E-state index contributed by atoms with van der Waals surface area (Å²) in [5.74, 6) is 2.68. The van der Waals surface area contributed by atoms with Crippen LogP contribution in [-0.4, -0.2) is 24.2 Å². The van der Waals surface area contributed by atoms with Crippen molar-refractivity contribution in [2.24, 2.45) is 0 Å². The fraction of sp³-hybridized carbons (Fsp3) is 0.324. The van der Waals surface area contributed by atoms with Crippen molar-refractivity contribution < 1.29 is 0 Å². The molecule has 8 aromatic rings. The summed E-state index contributed by atoms with van der Waals surface area (Å²) < 4.78 is 0. The fourth-order valence-corrected chi connectivity index (χ4v) is 17.3. The Morgan fingerprint density at radius 3 is 0.692 bits per heavy atom. The number of rotatable bonds is 4. The third kappa shape index (κ3) is 6.13. The Hall–Kier alpha value is -7.30. The lowest BCUT2D eigenvalue weighted by Crippen LogP contribution is -2.40. The minimum Gasteiger partial charge on any atom is -0.320 e. The van der Waals surface area contributed by atoms with Gasteiger partial charge in [-0.25, -0.2) is 0 Å². The molecule has 4 heteroatoms. The van der Waals surface area contributed by atoms with Crippen molar-refractivity contribution in [2.75, 3.05) is 19.6 Å². The van der Waals surface area contributed by atoms with E-state index in [0.717, 1.165) is 25.7 Å². The second-order valence-electron chi connectivity index (χ2n) is 26.6. The molecule has 4 unspecified atom stereocenters. The van der Waals surface area contributed by atoms with Gasteiger partial charge in [-0.05, 0) is 163 Å². The van der Waals surface area contributed by atoms with Gasteiger partial charge in [-0.15, -0.1) is 0 Å². The number of nitrogens with zero attached hydrogens (tertiary/aromatic N) is 4. The quantitative estimate of drug-likeness (QED) is 0.174. The molecule has 2 saturated heterocycles. The molecule has 4 fully saturated rings. The van der Waals surface area contributed by atoms with Crippen molar-refractivity contribution in [3.63, 3.8) is 0 Å². The first kappa shape index (κ1) is 46.8. The van der Waals surface area contributed by atoms with Gasteiger partial charge in [0, 0.05) is 44.4 Å². The van der Waals surface area contributed by atoms with Gasteiger partial charge in [0.05, 0.1) is 24.2 Å². The maximum atomic E-state index is 2.92. The van der Waals surface area contributed by atoms with Gasteiger partial charge in [-0.1, -0.05) is 202 Å². The van der Waals surface area contributed by atoms with Crippen molar-refractivity contribution in [1.82, 2.24) is 0 Å². The zero-order valence-corrected chi connectivity index (χ0v) is 46.9. The summed E-state index contributed by atoms with van der Waals surface area (Å²) in [6.07, 6.45) is 9.47. The van der Waals surface area contributed by atoms with E-state index in [0.29, 0.717) is 0 Å². The van der Waals surface area contributed by atoms with Gasteiger partial charge in [-0.3, -0.25) is 0 Å². The molecule has 78 heavy (non-hydrogen) atoms. The Balaban J connectivity index is 1.00. The number of benzene rings is 8. The highest BCUT2D eigenvalue weighted by Gasteiger charge is 2.55. The first-order valence-electron chi connectivity index (χ1n) is 29.6.